The second-order valence-corrected chi connectivity index (χ2v) is 3.26. The average molecular weight is 237 g/mol. The number of nitrogens with zero attached hydrogens (tertiary/aromatic N) is 1. The maximum atomic E-state index is 10.2. The van der Waals surface area contributed by atoms with Crippen LogP contribution in [-0.4, -0.2) is 60.2 Å². The summed E-state index contributed by atoms with van der Waals surface area (Å²) in [5.41, 5.74) is 0. The Balaban J connectivity index is 3.94. The van der Waals surface area contributed by atoms with Crippen molar-refractivity contribution in [1.29, 1.82) is 0 Å². The lowest BCUT2D eigenvalue weighted by Crippen LogP contribution is -2.37. The van der Waals surface area contributed by atoms with Crippen LogP contribution in [0.25, 0.3) is 0 Å². The molecule has 0 amide bonds. The molecule has 3 N–H and O–H groups in total. The lowest BCUT2D eigenvalue weighted by Gasteiger charge is -2.21. The van der Waals surface area contributed by atoms with E-state index in [0.29, 0.717) is 6.61 Å². The SMILES string of the molecule is CCCOCC(CO)OC(O)C(CO)N=O. The van der Waals surface area contributed by atoms with Crippen molar-refractivity contribution in [2.75, 3.05) is 26.4 Å². The van der Waals surface area contributed by atoms with Gasteiger partial charge in [-0.25, -0.2) is 0 Å². The summed E-state index contributed by atoms with van der Waals surface area (Å²) in [5, 5.41) is 29.4. The Bertz CT molecular complexity index is 179. The molecule has 7 heteroatoms. The van der Waals surface area contributed by atoms with E-state index in [1.807, 2.05) is 6.92 Å². The van der Waals surface area contributed by atoms with Crippen molar-refractivity contribution >= 4 is 0 Å². The number of rotatable bonds is 10. The highest BCUT2D eigenvalue weighted by atomic mass is 16.6. The first kappa shape index (κ1) is 15.4. The van der Waals surface area contributed by atoms with Crippen LogP contribution in [0.1, 0.15) is 13.3 Å². The fraction of sp³-hybridized carbons (Fsp3) is 1.00. The van der Waals surface area contributed by atoms with E-state index >= 15 is 0 Å². The van der Waals surface area contributed by atoms with Crippen molar-refractivity contribution < 1.29 is 24.8 Å². The van der Waals surface area contributed by atoms with E-state index in [1.54, 1.807) is 0 Å². The van der Waals surface area contributed by atoms with Gasteiger partial charge in [0.05, 0.1) is 19.8 Å². The van der Waals surface area contributed by atoms with Crippen LogP contribution in [0.5, 0.6) is 0 Å². The Morgan fingerprint density at radius 2 is 2.00 bits per heavy atom. The fourth-order valence-electron chi connectivity index (χ4n) is 0.958. The molecule has 0 spiro atoms. The van der Waals surface area contributed by atoms with E-state index in [1.165, 1.54) is 0 Å². The van der Waals surface area contributed by atoms with Crippen LogP contribution in [0, 0.1) is 4.91 Å². The molecule has 0 aliphatic rings. The highest BCUT2D eigenvalue weighted by Gasteiger charge is 2.23. The van der Waals surface area contributed by atoms with E-state index in [9.17, 15) is 10.0 Å². The summed E-state index contributed by atoms with van der Waals surface area (Å²) >= 11 is 0. The summed E-state index contributed by atoms with van der Waals surface area (Å²) in [6.07, 6.45) is -1.45. The molecule has 3 unspecified atom stereocenters. The normalized spacial score (nSPS) is 16.8. The van der Waals surface area contributed by atoms with Crippen molar-refractivity contribution in [3.05, 3.63) is 4.91 Å². The zero-order valence-electron chi connectivity index (χ0n) is 9.28. The van der Waals surface area contributed by atoms with Gasteiger partial charge in [-0.3, -0.25) is 0 Å². The summed E-state index contributed by atoms with van der Waals surface area (Å²) in [6, 6.07) is -1.25. The minimum atomic E-state index is -1.54. The number of hydrogen-bond acceptors (Lipinski definition) is 7. The van der Waals surface area contributed by atoms with Crippen molar-refractivity contribution in [3.8, 4) is 0 Å². The molecular weight excluding hydrogens is 218 g/mol. The largest absolute Gasteiger partial charge is 0.394 e. The van der Waals surface area contributed by atoms with Crippen LogP contribution < -0.4 is 0 Å². The molecular formula is C9H19NO6. The molecule has 3 atom stereocenters. The van der Waals surface area contributed by atoms with E-state index in [4.69, 9.17) is 19.7 Å². The van der Waals surface area contributed by atoms with Gasteiger partial charge in [-0.1, -0.05) is 12.1 Å². The van der Waals surface area contributed by atoms with Crippen LogP contribution in [0.3, 0.4) is 0 Å². The van der Waals surface area contributed by atoms with Gasteiger partial charge < -0.3 is 24.8 Å². The topological polar surface area (TPSA) is 109 Å². The molecule has 0 fully saturated rings. The van der Waals surface area contributed by atoms with Gasteiger partial charge in [-0.2, -0.15) is 4.91 Å². The standard InChI is InChI=1S/C9H19NO6/c1-2-3-15-6-7(4-11)16-9(13)8(5-12)10-14/h7-9,11-13H,2-6H2,1H3. The molecule has 0 aliphatic heterocycles. The second kappa shape index (κ2) is 9.61. The van der Waals surface area contributed by atoms with Crippen LogP contribution in [0.4, 0.5) is 0 Å². The highest BCUT2D eigenvalue weighted by molar-refractivity contribution is 4.69. The first-order chi connectivity index (χ1) is 7.69. The Hall–Kier alpha value is -0.600. The van der Waals surface area contributed by atoms with Gasteiger partial charge in [0, 0.05) is 6.61 Å². The van der Waals surface area contributed by atoms with Gasteiger partial charge in [-0.05, 0) is 6.42 Å². The first-order valence-corrected chi connectivity index (χ1v) is 5.15. The predicted molar refractivity (Wildman–Crippen MR) is 55.7 cm³/mol. The number of hydrogen-bond donors (Lipinski definition) is 3. The smallest absolute Gasteiger partial charge is 0.183 e. The number of ether oxygens (including phenoxy) is 2. The highest BCUT2D eigenvalue weighted by Crippen LogP contribution is 2.05. The lowest BCUT2D eigenvalue weighted by molar-refractivity contribution is -0.175. The Morgan fingerprint density at radius 1 is 1.31 bits per heavy atom. The number of aliphatic hydroxyl groups excluding tert-OH is 3. The van der Waals surface area contributed by atoms with Crippen LogP contribution in [0.15, 0.2) is 5.18 Å². The summed E-state index contributed by atoms with van der Waals surface area (Å²) < 4.78 is 10.0. The van der Waals surface area contributed by atoms with Gasteiger partial charge in [0.25, 0.3) is 0 Å². The summed E-state index contributed by atoms with van der Waals surface area (Å²) in [4.78, 5) is 10.2. The molecule has 16 heavy (non-hydrogen) atoms. The third-order valence-electron chi connectivity index (χ3n) is 1.84. The molecule has 0 aromatic heterocycles. The third kappa shape index (κ3) is 6.09. The van der Waals surface area contributed by atoms with Gasteiger partial charge in [0.2, 0.25) is 0 Å². The molecule has 96 valence electrons. The zero-order chi connectivity index (χ0) is 12.4. The molecule has 0 saturated carbocycles. The lowest BCUT2D eigenvalue weighted by atomic mass is 10.3. The van der Waals surface area contributed by atoms with Gasteiger partial charge in [0.15, 0.2) is 12.3 Å². The fourth-order valence-corrected chi connectivity index (χ4v) is 0.958. The second-order valence-electron chi connectivity index (χ2n) is 3.26. The molecule has 0 aliphatic carbocycles. The summed E-state index contributed by atoms with van der Waals surface area (Å²) in [5.74, 6) is 0. The minimum absolute atomic E-state index is 0.110. The monoisotopic (exact) mass is 237 g/mol. The van der Waals surface area contributed by atoms with E-state index in [0.717, 1.165) is 6.42 Å². The van der Waals surface area contributed by atoms with Crippen LogP contribution >= 0.6 is 0 Å². The predicted octanol–water partition coefficient (Wildman–Crippen LogP) is -0.764. The molecule has 0 radical (unpaired) electrons. The van der Waals surface area contributed by atoms with E-state index < -0.39 is 25.0 Å². The maximum Gasteiger partial charge on any atom is 0.183 e. The van der Waals surface area contributed by atoms with E-state index in [-0.39, 0.29) is 13.2 Å². The van der Waals surface area contributed by atoms with Gasteiger partial charge in [0.1, 0.15) is 6.10 Å². The quantitative estimate of drug-likeness (QED) is 0.262. The molecule has 0 aromatic carbocycles. The zero-order valence-corrected chi connectivity index (χ0v) is 9.28. The molecule has 0 saturated heterocycles. The molecule has 0 bridgehead atoms. The number of aliphatic hydroxyl groups is 3. The van der Waals surface area contributed by atoms with Crippen LogP contribution in [-0.2, 0) is 9.47 Å². The third-order valence-corrected chi connectivity index (χ3v) is 1.84. The maximum absolute atomic E-state index is 10.2. The summed E-state index contributed by atoms with van der Waals surface area (Å²) in [6.45, 7) is 1.60. The Morgan fingerprint density at radius 3 is 2.44 bits per heavy atom. The van der Waals surface area contributed by atoms with Crippen molar-refractivity contribution in [3.63, 3.8) is 0 Å². The van der Waals surface area contributed by atoms with Gasteiger partial charge >= 0.3 is 0 Å². The van der Waals surface area contributed by atoms with Crippen LogP contribution in [0.2, 0.25) is 0 Å². The molecule has 0 aromatic rings. The van der Waals surface area contributed by atoms with Crippen molar-refractivity contribution in [2.24, 2.45) is 5.18 Å². The summed E-state index contributed by atoms with van der Waals surface area (Å²) in [7, 11) is 0. The molecule has 0 rings (SSSR count). The molecule has 7 nitrogen and oxygen atoms in total. The molecule has 0 heterocycles. The first-order valence-electron chi connectivity index (χ1n) is 5.15. The van der Waals surface area contributed by atoms with Crippen molar-refractivity contribution in [2.45, 2.75) is 31.8 Å². The Kier molecular flexibility index (Phi) is 9.25. The van der Waals surface area contributed by atoms with E-state index in [2.05, 4.69) is 5.18 Å². The average Bonchev–Trinajstić information content (AvgIpc) is 2.29. The van der Waals surface area contributed by atoms with Crippen molar-refractivity contribution in [1.82, 2.24) is 0 Å². The minimum Gasteiger partial charge on any atom is -0.394 e. The van der Waals surface area contributed by atoms with Gasteiger partial charge in [-0.15, -0.1) is 0 Å². The Labute approximate surface area is 94.0 Å². The number of nitroso groups, excluding NO2 is 1.